The number of aryl methyl sites for hydroxylation is 1. The molecule has 1 amide bonds. The first-order valence-electron chi connectivity index (χ1n) is 4.20. The Labute approximate surface area is 83.8 Å². The van der Waals surface area contributed by atoms with Crippen molar-refractivity contribution in [1.29, 1.82) is 0 Å². The molecule has 13 heavy (non-hydrogen) atoms. The molecular weight excluding hydrogens is 182 g/mol. The predicted molar refractivity (Wildman–Crippen MR) is 57.4 cm³/mol. The topological polar surface area (TPSA) is 29.1 Å². The zero-order valence-electron chi connectivity index (χ0n) is 7.58. The Bertz CT molecular complexity index is 281. The van der Waals surface area contributed by atoms with Crippen molar-refractivity contribution in [2.45, 2.75) is 6.92 Å². The van der Waals surface area contributed by atoms with Crippen molar-refractivity contribution in [2.75, 3.05) is 12.3 Å². The van der Waals surface area contributed by atoms with Gasteiger partial charge in [0.05, 0.1) is 0 Å². The second-order valence-electron chi connectivity index (χ2n) is 2.85. The fourth-order valence-corrected chi connectivity index (χ4v) is 1.09. The molecule has 0 fully saturated rings. The Morgan fingerprint density at radius 1 is 1.38 bits per heavy atom. The summed E-state index contributed by atoms with van der Waals surface area (Å²) >= 11 is 4.01. The van der Waals surface area contributed by atoms with E-state index in [0.29, 0.717) is 17.9 Å². The van der Waals surface area contributed by atoms with Gasteiger partial charge in [0.25, 0.3) is 5.91 Å². The van der Waals surface area contributed by atoms with Crippen molar-refractivity contribution in [2.24, 2.45) is 0 Å². The molecule has 1 N–H and O–H groups in total. The lowest BCUT2D eigenvalue weighted by molar-refractivity contribution is 0.0956. The summed E-state index contributed by atoms with van der Waals surface area (Å²) < 4.78 is 0. The molecule has 70 valence electrons. The number of rotatable bonds is 3. The van der Waals surface area contributed by atoms with Gasteiger partial charge in [-0.25, -0.2) is 0 Å². The minimum Gasteiger partial charge on any atom is -0.351 e. The summed E-state index contributed by atoms with van der Waals surface area (Å²) in [5.74, 6) is 0.631. The second-order valence-corrected chi connectivity index (χ2v) is 3.29. The molecule has 2 nitrogen and oxygen atoms in total. The summed E-state index contributed by atoms with van der Waals surface area (Å²) in [6.07, 6.45) is 0. The number of hydrogen-bond donors (Lipinski definition) is 2. The predicted octanol–water partition coefficient (Wildman–Crippen LogP) is 1.65. The van der Waals surface area contributed by atoms with E-state index in [1.807, 2.05) is 31.2 Å². The third-order valence-electron chi connectivity index (χ3n) is 1.71. The van der Waals surface area contributed by atoms with E-state index in [0.717, 1.165) is 5.56 Å². The number of nitrogens with one attached hydrogen (secondary N) is 1. The van der Waals surface area contributed by atoms with Gasteiger partial charge in [0.2, 0.25) is 0 Å². The van der Waals surface area contributed by atoms with Gasteiger partial charge in [0, 0.05) is 17.9 Å². The number of carbonyl (C=O) groups is 1. The van der Waals surface area contributed by atoms with E-state index in [1.165, 1.54) is 0 Å². The Balaban J connectivity index is 2.61. The van der Waals surface area contributed by atoms with Gasteiger partial charge in [-0.2, -0.15) is 12.6 Å². The molecule has 0 unspecified atom stereocenters. The van der Waals surface area contributed by atoms with E-state index < -0.39 is 0 Å². The Kier molecular flexibility index (Phi) is 3.83. The van der Waals surface area contributed by atoms with Crippen LogP contribution in [-0.4, -0.2) is 18.2 Å². The van der Waals surface area contributed by atoms with E-state index in [1.54, 1.807) is 0 Å². The highest BCUT2D eigenvalue weighted by Crippen LogP contribution is 2.02. The van der Waals surface area contributed by atoms with Crippen LogP contribution in [0, 0.1) is 6.92 Å². The summed E-state index contributed by atoms with van der Waals surface area (Å²) in [5, 5.41) is 2.75. The highest BCUT2D eigenvalue weighted by molar-refractivity contribution is 7.80. The van der Waals surface area contributed by atoms with Gasteiger partial charge in [0.15, 0.2) is 0 Å². The van der Waals surface area contributed by atoms with Crippen molar-refractivity contribution in [3.05, 3.63) is 35.4 Å². The van der Waals surface area contributed by atoms with Crippen LogP contribution in [0.1, 0.15) is 15.9 Å². The van der Waals surface area contributed by atoms with Crippen molar-refractivity contribution in [1.82, 2.24) is 5.32 Å². The molecule has 1 rings (SSSR count). The molecule has 0 heterocycles. The van der Waals surface area contributed by atoms with Gasteiger partial charge in [-0.3, -0.25) is 4.79 Å². The highest BCUT2D eigenvalue weighted by Gasteiger charge is 2.02. The lowest BCUT2D eigenvalue weighted by Crippen LogP contribution is -2.25. The minimum absolute atomic E-state index is 0.0333. The van der Waals surface area contributed by atoms with Crippen LogP contribution in [0.25, 0.3) is 0 Å². The monoisotopic (exact) mass is 195 g/mol. The summed E-state index contributed by atoms with van der Waals surface area (Å²) in [5.41, 5.74) is 1.86. The SMILES string of the molecule is Cc1ccc(C(=O)NCCS)cc1. The fraction of sp³-hybridized carbons (Fsp3) is 0.300. The van der Waals surface area contributed by atoms with Crippen LogP contribution in [0.5, 0.6) is 0 Å². The molecule has 0 spiro atoms. The van der Waals surface area contributed by atoms with Crippen LogP contribution < -0.4 is 5.32 Å². The maximum atomic E-state index is 11.4. The van der Waals surface area contributed by atoms with E-state index in [4.69, 9.17) is 0 Å². The molecule has 0 atom stereocenters. The first-order valence-corrected chi connectivity index (χ1v) is 4.83. The summed E-state index contributed by atoms with van der Waals surface area (Å²) in [6, 6.07) is 7.50. The van der Waals surface area contributed by atoms with Crippen LogP contribution in [0.15, 0.2) is 24.3 Å². The summed E-state index contributed by atoms with van der Waals surface area (Å²) in [6.45, 7) is 2.60. The largest absolute Gasteiger partial charge is 0.351 e. The van der Waals surface area contributed by atoms with Gasteiger partial charge < -0.3 is 5.32 Å². The lowest BCUT2D eigenvalue weighted by Gasteiger charge is -2.02. The molecule has 0 aliphatic heterocycles. The van der Waals surface area contributed by atoms with E-state index >= 15 is 0 Å². The quantitative estimate of drug-likeness (QED) is 0.706. The number of hydrogen-bond acceptors (Lipinski definition) is 2. The standard InChI is InChI=1S/C10H13NOS/c1-8-2-4-9(5-3-8)10(12)11-6-7-13/h2-5,13H,6-7H2,1H3,(H,11,12). The Morgan fingerprint density at radius 2 is 2.00 bits per heavy atom. The number of carbonyl (C=O) groups excluding carboxylic acids is 1. The van der Waals surface area contributed by atoms with Gasteiger partial charge >= 0.3 is 0 Å². The van der Waals surface area contributed by atoms with Crippen LogP contribution in [0.2, 0.25) is 0 Å². The van der Waals surface area contributed by atoms with Gasteiger partial charge in [-0.15, -0.1) is 0 Å². The molecule has 0 radical (unpaired) electrons. The average Bonchev–Trinajstić information content (AvgIpc) is 2.15. The van der Waals surface area contributed by atoms with Crippen LogP contribution in [-0.2, 0) is 0 Å². The normalized spacial score (nSPS) is 9.69. The average molecular weight is 195 g/mol. The second kappa shape index (κ2) is 4.92. The maximum Gasteiger partial charge on any atom is 0.251 e. The number of amides is 1. The molecule has 0 aliphatic rings. The minimum atomic E-state index is -0.0333. The Hall–Kier alpha value is -0.960. The third kappa shape index (κ3) is 3.11. The van der Waals surface area contributed by atoms with Gasteiger partial charge in [0.1, 0.15) is 0 Å². The molecule has 0 aromatic heterocycles. The third-order valence-corrected chi connectivity index (χ3v) is 1.93. The molecule has 1 aromatic rings. The van der Waals surface area contributed by atoms with Gasteiger partial charge in [-0.05, 0) is 19.1 Å². The van der Waals surface area contributed by atoms with Crippen LogP contribution >= 0.6 is 12.6 Å². The Morgan fingerprint density at radius 3 is 2.54 bits per heavy atom. The number of thiol groups is 1. The lowest BCUT2D eigenvalue weighted by atomic mass is 10.1. The first-order chi connectivity index (χ1) is 6.24. The molecule has 0 saturated carbocycles. The molecule has 0 bridgehead atoms. The van der Waals surface area contributed by atoms with Crippen molar-refractivity contribution in [3.63, 3.8) is 0 Å². The summed E-state index contributed by atoms with van der Waals surface area (Å²) in [4.78, 5) is 11.4. The van der Waals surface area contributed by atoms with Crippen molar-refractivity contribution >= 4 is 18.5 Å². The van der Waals surface area contributed by atoms with Crippen molar-refractivity contribution < 1.29 is 4.79 Å². The van der Waals surface area contributed by atoms with E-state index in [2.05, 4.69) is 17.9 Å². The first kappa shape index (κ1) is 10.1. The highest BCUT2D eigenvalue weighted by atomic mass is 32.1. The van der Waals surface area contributed by atoms with E-state index in [9.17, 15) is 4.79 Å². The molecule has 1 aromatic carbocycles. The smallest absolute Gasteiger partial charge is 0.251 e. The maximum absolute atomic E-state index is 11.4. The molecule has 0 aliphatic carbocycles. The summed E-state index contributed by atoms with van der Waals surface area (Å²) in [7, 11) is 0. The molecule has 0 saturated heterocycles. The molecular formula is C10H13NOS. The number of benzene rings is 1. The van der Waals surface area contributed by atoms with Crippen LogP contribution in [0.3, 0.4) is 0 Å². The van der Waals surface area contributed by atoms with Crippen molar-refractivity contribution in [3.8, 4) is 0 Å². The van der Waals surface area contributed by atoms with Crippen LogP contribution in [0.4, 0.5) is 0 Å². The van der Waals surface area contributed by atoms with Gasteiger partial charge in [-0.1, -0.05) is 17.7 Å². The fourth-order valence-electron chi connectivity index (χ4n) is 0.976. The molecule has 3 heteroatoms. The zero-order chi connectivity index (χ0) is 9.68. The zero-order valence-corrected chi connectivity index (χ0v) is 8.47. The van der Waals surface area contributed by atoms with E-state index in [-0.39, 0.29) is 5.91 Å².